The van der Waals surface area contributed by atoms with Gasteiger partial charge in [0, 0.05) is 12.2 Å². The van der Waals surface area contributed by atoms with E-state index in [0.29, 0.717) is 12.2 Å². The Bertz CT molecular complexity index is 185. The van der Waals surface area contributed by atoms with Crippen LogP contribution in [-0.4, -0.2) is 25.3 Å². The predicted octanol–water partition coefficient (Wildman–Crippen LogP) is 2.31. The van der Waals surface area contributed by atoms with Gasteiger partial charge in [0.15, 0.2) is 0 Å². The molecule has 0 heterocycles. The van der Waals surface area contributed by atoms with Crippen LogP contribution >= 0.6 is 0 Å². The fraction of sp³-hybridized carbons (Fsp3) is 0.727. The van der Waals surface area contributed by atoms with Crippen LogP contribution in [0.1, 0.15) is 33.6 Å². The summed E-state index contributed by atoms with van der Waals surface area (Å²) in [6.07, 6.45) is 2.03. The summed E-state index contributed by atoms with van der Waals surface area (Å²) in [5, 5.41) is 0. The largest absolute Gasteiger partial charge is 0.462 e. The molecule has 0 unspecified atom stereocenters. The van der Waals surface area contributed by atoms with Gasteiger partial charge >= 0.3 is 5.97 Å². The van der Waals surface area contributed by atoms with E-state index in [1.807, 2.05) is 13.8 Å². The molecule has 0 bridgehead atoms. The predicted molar refractivity (Wildman–Crippen MR) is 56.1 cm³/mol. The van der Waals surface area contributed by atoms with Crippen LogP contribution in [0.4, 0.5) is 0 Å². The Hall–Kier alpha value is -0.830. The third-order valence-corrected chi connectivity index (χ3v) is 1.57. The van der Waals surface area contributed by atoms with Crippen molar-refractivity contribution in [3.8, 4) is 0 Å². The number of hydrogen-bond donors (Lipinski definition) is 0. The van der Waals surface area contributed by atoms with Crippen molar-refractivity contribution in [3.05, 3.63) is 12.2 Å². The molecule has 0 aromatic rings. The number of rotatable bonds is 7. The summed E-state index contributed by atoms with van der Waals surface area (Å²) in [4.78, 5) is 10.9. The molecule has 0 radical (unpaired) electrons. The highest BCUT2D eigenvalue weighted by Gasteiger charge is 2.01. The highest BCUT2D eigenvalue weighted by Crippen LogP contribution is 1.97. The molecule has 3 nitrogen and oxygen atoms in total. The number of unbranched alkanes of at least 4 members (excludes halogenated alkanes) is 1. The molecule has 0 aliphatic rings. The van der Waals surface area contributed by atoms with Gasteiger partial charge in [-0.1, -0.05) is 6.58 Å². The Morgan fingerprint density at radius 2 is 1.86 bits per heavy atom. The van der Waals surface area contributed by atoms with Crippen molar-refractivity contribution in [2.45, 2.75) is 39.7 Å². The lowest BCUT2D eigenvalue weighted by atomic mass is 10.3. The molecule has 0 fully saturated rings. The minimum absolute atomic E-state index is 0.271. The third-order valence-electron chi connectivity index (χ3n) is 1.57. The van der Waals surface area contributed by atoms with Crippen LogP contribution in [0.15, 0.2) is 12.2 Å². The molecule has 0 saturated carbocycles. The van der Waals surface area contributed by atoms with Crippen molar-refractivity contribution in [2.24, 2.45) is 0 Å². The average molecular weight is 200 g/mol. The molecular formula is C11H20O3. The summed E-state index contributed by atoms with van der Waals surface area (Å²) in [6.45, 7) is 10.3. The first-order chi connectivity index (χ1) is 6.54. The van der Waals surface area contributed by atoms with E-state index in [4.69, 9.17) is 9.47 Å². The van der Waals surface area contributed by atoms with E-state index in [2.05, 4.69) is 6.58 Å². The van der Waals surface area contributed by atoms with Gasteiger partial charge in [0.25, 0.3) is 0 Å². The lowest BCUT2D eigenvalue weighted by molar-refractivity contribution is -0.139. The van der Waals surface area contributed by atoms with Crippen LogP contribution < -0.4 is 0 Å². The van der Waals surface area contributed by atoms with Crippen molar-refractivity contribution in [1.29, 1.82) is 0 Å². The van der Waals surface area contributed by atoms with Crippen molar-refractivity contribution in [1.82, 2.24) is 0 Å². The van der Waals surface area contributed by atoms with E-state index in [-0.39, 0.29) is 12.1 Å². The summed E-state index contributed by atoms with van der Waals surface area (Å²) in [7, 11) is 0. The van der Waals surface area contributed by atoms with E-state index in [1.54, 1.807) is 6.92 Å². The van der Waals surface area contributed by atoms with Crippen LogP contribution in [0.2, 0.25) is 0 Å². The number of carbonyl (C=O) groups excluding carboxylic acids is 1. The zero-order valence-electron chi connectivity index (χ0n) is 9.34. The van der Waals surface area contributed by atoms with Crippen LogP contribution in [0.5, 0.6) is 0 Å². The molecule has 0 amide bonds. The molecule has 0 rings (SSSR count). The second kappa shape index (κ2) is 7.56. The maximum atomic E-state index is 10.9. The van der Waals surface area contributed by atoms with E-state index < -0.39 is 0 Å². The monoisotopic (exact) mass is 200 g/mol. The Balaban J connectivity index is 3.22. The maximum Gasteiger partial charge on any atom is 0.333 e. The van der Waals surface area contributed by atoms with Gasteiger partial charge in [0.2, 0.25) is 0 Å². The molecule has 0 saturated heterocycles. The van der Waals surface area contributed by atoms with E-state index >= 15 is 0 Å². The lowest BCUT2D eigenvalue weighted by Crippen LogP contribution is -2.08. The summed E-state index contributed by atoms with van der Waals surface area (Å²) in [5.41, 5.74) is 0.448. The van der Waals surface area contributed by atoms with Gasteiger partial charge in [-0.25, -0.2) is 4.79 Å². The van der Waals surface area contributed by atoms with Crippen LogP contribution in [0, 0.1) is 0 Å². The standard InChI is InChI=1S/C11H20O3/c1-9(2)11(12)14-8-6-5-7-13-10(3)4/h10H,1,5-8H2,2-4H3. The highest BCUT2D eigenvalue weighted by atomic mass is 16.5. The lowest BCUT2D eigenvalue weighted by Gasteiger charge is -2.07. The third kappa shape index (κ3) is 7.80. The van der Waals surface area contributed by atoms with Gasteiger partial charge in [-0.05, 0) is 33.6 Å². The fourth-order valence-electron chi connectivity index (χ4n) is 0.811. The zero-order chi connectivity index (χ0) is 11.0. The molecule has 0 aromatic carbocycles. The second-order valence-corrected chi connectivity index (χ2v) is 3.54. The normalized spacial score (nSPS) is 10.3. The molecular weight excluding hydrogens is 180 g/mol. The highest BCUT2D eigenvalue weighted by molar-refractivity contribution is 5.86. The van der Waals surface area contributed by atoms with Crippen molar-refractivity contribution < 1.29 is 14.3 Å². The van der Waals surface area contributed by atoms with E-state index in [1.165, 1.54) is 0 Å². The van der Waals surface area contributed by atoms with Crippen LogP contribution in [-0.2, 0) is 14.3 Å². The maximum absolute atomic E-state index is 10.9. The van der Waals surface area contributed by atoms with Crippen molar-refractivity contribution >= 4 is 5.97 Å². The SMILES string of the molecule is C=C(C)C(=O)OCCCCOC(C)C. The Morgan fingerprint density at radius 1 is 1.29 bits per heavy atom. The first-order valence-electron chi connectivity index (χ1n) is 4.98. The molecule has 0 aliphatic heterocycles. The Morgan fingerprint density at radius 3 is 2.36 bits per heavy atom. The number of hydrogen-bond acceptors (Lipinski definition) is 3. The summed E-state index contributed by atoms with van der Waals surface area (Å²) in [6, 6.07) is 0. The first kappa shape index (κ1) is 13.2. The number of ether oxygens (including phenoxy) is 2. The first-order valence-corrected chi connectivity index (χ1v) is 4.98. The molecule has 0 aromatic heterocycles. The average Bonchev–Trinajstić information content (AvgIpc) is 2.09. The van der Waals surface area contributed by atoms with Gasteiger partial charge in [0.1, 0.15) is 0 Å². The van der Waals surface area contributed by atoms with E-state index in [9.17, 15) is 4.79 Å². The number of esters is 1. The Labute approximate surface area is 86.1 Å². The molecule has 82 valence electrons. The molecule has 0 N–H and O–H groups in total. The van der Waals surface area contributed by atoms with Crippen LogP contribution in [0.25, 0.3) is 0 Å². The van der Waals surface area contributed by atoms with Gasteiger partial charge in [0.05, 0.1) is 12.7 Å². The zero-order valence-corrected chi connectivity index (χ0v) is 9.34. The van der Waals surface area contributed by atoms with Crippen molar-refractivity contribution in [3.63, 3.8) is 0 Å². The summed E-state index contributed by atoms with van der Waals surface area (Å²) in [5.74, 6) is -0.310. The second-order valence-electron chi connectivity index (χ2n) is 3.54. The molecule has 0 spiro atoms. The molecule has 0 aliphatic carbocycles. The fourth-order valence-corrected chi connectivity index (χ4v) is 0.811. The van der Waals surface area contributed by atoms with E-state index in [0.717, 1.165) is 19.4 Å². The van der Waals surface area contributed by atoms with Gasteiger partial charge in [-0.3, -0.25) is 0 Å². The van der Waals surface area contributed by atoms with Gasteiger partial charge < -0.3 is 9.47 Å². The summed E-state index contributed by atoms with van der Waals surface area (Å²) >= 11 is 0. The van der Waals surface area contributed by atoms with Gasteiger partial charge in [-0.2, -0.15) is 0 Å². The molecule has 14 heavy (non-hydrogen) atoms. The molecule has 0 atom stereocenters. The van der Waals surface area contributed by atoms with Crippen molar-refractivity contribution in [2.75, 3.05) is 13.2 Å². The minimum Gasteiger partial charge on any atom is -0.462 e. The quantitative estimate of drug-likeness (QED) is 0.359. The Kier molecular flexibility index (Phi) is 7.11. The minimum atomic E-state index is -0.310. The smallest absolute Gasteiger partial charge is 0.333 e. The van der Waals surface area contributed by atoms with Gasteiger partial charge in [-0.15, -0.1) is 0 Å². The molecule has 3 heteroatoms. The van der Waals surface area contributed by atoms with Crippen LogP contribution in [0.3, 0.4) is 0 Å². The summed E-state index contributed by atoms with van der Waals surface area (Å²) < 4.78 is 10.3. The number of carbonyl (C=O) groups is 1. The topological polar surface area (TPSA) is 35.5 Å².